The molecule has 1 aromatic heterocycles. The van der Waals surface area contributed by atoms with Crippen LogP contribution in [0.25, 0.3) is 0 Å². The van der Waals surface area contributed by atoms with Gasteiger partial charge in [-0.2, -0.15) is 5.26 Å². The summed E-state index contributed by atoms with van der Waals surface area (Å²) in [5.41, 5.74) is 0.811. The molecule has 1 heterocycles. The van der Waals surface area contributed by atoms with Crippen LogP contribution in [0.3, 0.4) is 0 Å². The highest BCUT2D eigenvalue weighted by Gasteiger charge is 2.20. The van der Waals surface area contributed by atoms with Gasteiger partial charge in [0, 0.05) is 16.4 Å². The smallest absolute Gasteiger partial charge is 0.241 e. The summed E-state index contributed by atoms with van der Waals surface area (Å²) in [6, 6.07) is 9.47. The van der Waals surface area contributed by atoms with Crippen LogP contribution in [-0.2, 0) is 9.59 Å². The van der Waals surface area contributed by atoms with Crippen molar-refractivity contribution in [3.05, 3.63) is 51.6 Å². The second kappa shape index (κ2) is 9.46. The van der Waals surface area contributed by atoms with Crippen molar-refractivity contribution >= 4 is 50.9 Å². The minimum atomic E-state index is -0.567. The topological polar surface area (TPSA) is 98.1 Å². The zero-order valence-corrected chi connectivity index (χ0v) is 17.0. The maximum atomic E-state index is 12.4. The molecule has 0 radical (unpaired) electrons. The number of rotatable bonds is 6. The molecule has 140 valence electrons. The van der Waals surface area contributed by atoms with Crippen LogP contribution in [0.2, 0.25) is 5.02 Å². The first-order valence-corrected chi connectivity index (χ1v) is 9.09. The number of amides is 2. The van der Waals surface area contributed by atoms with Crippen LogP contribution < -0.4 is 10.6 Å². The van der Waals surface area contributed by atoms with E-state index in [9.17, 15) is 9.59 Å². The van der Waals surface area contributed by atoms with E-state index in [1.54, 1.807) is 43.3 Å². The van der Waals surface area contributed by atoms with Gasteiger partial charge in [0.1, 0.15) is 11.9 Å². The van der Waals surface area contributed by atoms with E-state index in [0.717, 1.165) is 4.47 Å². The zero-order chi connectivity index (χ0) is 20.0. The Morgan fingerprint density at radius 3 is 2.67 bits per heavy atom. The third kappa shape index (κ3) is 6.03. The first-order valence-electron chi connectivity index (χ1n) is 7.92. The lowest BCUT2D eigenvalue weighted by Gasteiger charge is -2.23. The van der Waals surface area contributed by atoms with Crippen LogP contribution in [0.4, 0.5) is 11.5 Å². The van der Waals surface area contributed by atoms with Gasteiger partial charge < -0.3 is 10.6 Å². The maximum absolute atomic E-state index is 12.4. The molecule has 9 heteroatoms. The number of nitrogens with one attached hydrogen (secondary N) is 2. The Labute approximate surface area is 170 Å². The molecule has 0 aliphatic carbocycles. The summed E-state index contributed by atoms with van der Waals surface area (Å²) in [7, 11) is 1.67. The van der Waals surface area contributed by atoms with Crippen LogP contribution in [0.1, 0.15) is 12.5 Å². The number of halogens is 2. The van der Waals surface area contributed by atoms with E-state index < -0.39 is 6.04 Å². The van der Waals surface area contributed by atoms with E-state index in [0.29, 0.717) is 17.1 Å². The molecule has 1 aromatic carbocycles. The lowest BCUT2D eigenvalue weighted by molar-refractivity contribution is -0.122. The van der Waals surface area contributed by atoms with Crippen molar-refractivity contribution in [2.24, 2.45) is 0 Å². The first kappa shape index (κ1) is 20.8. The molecule has 2 amide bonds. The molecule has 0 aliphatic rings. The molecule has 0 fully saturated rings. The van der Waals surface area contributed by atoms with Crippen LogP contribution in [0.5, 0.6) is 0 Å². The number of carbonyl (C=O) groups excluding carboxylic acids is 2. The number of hydrogen-bond donors (Lipinski definition) is 2. The largest absolute Gasteiger partial charge is 0.325 e. The zero-order valence-electron chi connectivity index (χ0n) is 14.7. The van der Waals surface area contributed by atoms with Gasteiger partial charge in [0.2, 0.25) is 11.8 Å². The van der Waals surface area contributed by atoms with E-state index in [1.807, 2.05) is 6.07 Å². The Kier molecular flexibility index (Phi) is 7.30. The molecule has 7 nitrogen and oxygen atoms in total. The fraction of sp³-hybridized carbons (Fsp3) is 0.222. The minimum absolute atomic E-state index is 0.0143. The highest BCUT2D eigenvalue weighted by molar-refractivity contribution is 9.10. The van der Waals surface area contributed by atoms with Gasteiger partial charge in [-0.1, -0.05) is 11.6 Å². The number of aromatic nitrogens is 1. The number of nitrogens with zero attached hydrogens (tertiary/aromatic N) is 3. The molecule has 1 unspecified atom stereocenters. The molecule has 2 rings (SSSR count). The molecule has 0 saturated carbocycles. The van der Waals surface area contributed by atoms with Crippen LogP contribution in [-0.4, -0.2) is 41.3 Å². The van der Waals surface area contributed by atoms with Gasteiger partial charge in [-0.25, -0.2) is 4.98 Å². The van der Waals surface area contributed by atoms with Gasteiger partial charge in [0.25, 0.3) is 0 Å². The highest BCUT2D eigenvalue weighted by Crippen LogP contribution is 2.20. The van der Waals surface area contributed by atoms with Gasteiger partial charge in [-0.3, -0.25) is 14.5 Å². The van der Waals surface area contributed by atoms with Crippen molar-refractivity contribution in [3.8, 4) is 6.07 Å². The van der Waals surface area contributed by atoms with E-state index in [1.165, 1.54) is 12.1 Å². The van der Waals surface area contributed by atoms with Crippen LogP contribution in [0.15, 0.2) is 41.0 Å². The lowest BCUT2D eigenvalue weighted by atomic mass is 10.2. The summed E-state index contributed by atoms with van der Waals surface area (Å²) >= 11 is 9.24. The van der Waals surface area contributed by atoms with Gasteiger partial charge >= 0.3 is 0 Å². The third-order valence-corrected chi connectivity index (χ3v) is 4.57. The average molecular weight is 451 g/mol. The van der Waals surface area contributed by atoms with Crippen molar-refractivity contribution in [2.45, 2.75) is 13.0 Å². The number of hydrogen-bond acceptors (Lipinski definition) is 5. The Morgan fingerprint density at radius 1 is 1.33 bits per heavy atom. The van der Waals surface area contributed by atoms with Gasteiger partial charge in [-0.05, 0) is 60.2 Å². The molecule has 27 heavy (non-hydrogen) atoms. The number of carbonyl (C=O) groups is 2. The molecule has 1 atom stereocenters. The predicted molar refractivity (Wildman–Crippen MR) is 107 cm³/mol. The second-order valence-electron chi connectivity index (χ2n) is 5.80. The summed E-state index contributed by atoms with van der Waals surface area (Å²) in [5.74, 6) is -0.151. The van der Waals surface area contributed by atoms with Crippen molar-refractivity contribution in [2.75, 3.05) is 24.2 Å². The summed E-state index contributed by atoms with van der Waals surface area (Å²) < 4.78 is 0.811. The first-order chi connectivity index (χ1) is 12.8. The summed E-state index contributed by atoms with van der Waals surface area (Å²) in [4.78, 5) is 30.2. The Hall–Kier alpha value is -2.47. The Morgan fingerprint density at radius 2 is 2.07 bits per heavy atom. The summed E-state index contributed by atoms with van der Waals surface area (Å²) in [6.45, 7) is 1.70. The number of likely N-dealkylation sites (N-methyl/N-ethyl adjacent to an activating group) is 1. The summed E-state index contributed by atoms with van der Waals surface area (Å²) in [6.07, 6.45) is 1.58. The van der Waals surface area contributed by atoms with Crippen molar-refractivity contribution in [3.63, 3.8) is 0 Å². The van der Waals surface area contributed by atoms with Gasteiger partial charge in [0.15, 0.2) is 0 Å². The lowest BCUT2D eigenvalue weighted by Crippen LogP contribution is -2.43. The van der Waals surface area contributed by atoms with E-state index >= 15 is 0 Å². The van der Waals surface area contributed by atoms with Gasteiger partial charge in [-0.15, -0.1) is 0 Å². The molecular weight excluding hydrogens is 434 g/mol. The quantitative estimate of drug-likeness (QED) is 0.704. The monoisotopic (exact) mass is 449 g/mol. The standard InChI is InChI=1S/C18H17BrClN5O2/c1-11(18(27)23-14-5-3-12(8-21)15(20)7-14)25(2)10-17(26)24-16-6-4-13(19)9-22-16/h3-7,9,11H,10H2,1-2H3,(H,23,27)(H,22,24,26). The fourth-order valence-electron chi connectivity index (χ4n) is 2.13. The van der Waals surface area contributed by atoms with Crippen LogP contribution in [0, 0.1) is 11.3 Å². The van der Waals surface area contributed by atoms with Crippen molar-refractivity contribution < 1.29 is 9.59 Å². The van der Waals surface area contributed by atoms with Crippen molar-refractivity contribution in [1.29, 1.82) is 5.26 Å². The molecule has 0 aliphatic heterocycles. The summed E-state index contributed by atoms with van der Waals surface area (Å²) in [5, 5.41) is 14.5. The Balaban J connectivity index is 1.91. The fourth-order valence-corrected chi connectivity index (χ4v) is 2.58. The number of anilines is 2. The molecule has 0 bridgehead atoms. The number of pyridine rings is 1. The van der Waals surface area contributed by atoms with E-state index in [-0.39, 0.29) is 23.4 Å². The van der Waals surface area contributed by atoms with Crippen LogP contribution >= 0.6 is 27.5 Å². The molecular formula is C18H17BrClN5O2. The molecule has 2 N–H and O–H groups in total. The van der Waals surface area contributed by atoms with E-state index in [2.05, 4.69) is 31.5 Å². The van der Waals surface area contributed by atoms with Gasteiger partial charge in [0.05, 0.1) is 23.2 Å². The normalized spacial score (nSPS) is 11.6. The third-order valence-electron chi connectivity index (χ3n) is 3.79. The van der Waals surface area contributed by atoms with Crippen molar-refractivity contribution in [1.82, 2.24) is 9.88 Å². The molecule has 0 spiro atoms. The second-order valence-corrected chi connectivity index (χ2v) is 7.12. The molecule has 0 saturated heterocycles. The Bertz CT molecular complexity index is 882. The number of nitriles is 1. The number of benzene rings is 1. The predicted octanol–water partition coefficient (Wildman–Crippen LogP) is 3.27. The minimum Gasteiger partial charge on any atom is -0.325 e. The highest BCUT2D eigenvalue weighted by atomic mass is 79.9. The maximum Gasteiger partial charge on any atom is 0.241 e. The van der Waals surface area contributed by atoms with E-state index in [4.69, 9.17) is 16.9 Å². The SMILES string of the molecule is CC(C(=O)Nc1ccc(C#N)c(Cl)c1)N(C)CC(=O)Nc1ccc(Br)cn1. The molecule has 2 aromatic rings. The average Bonchev–Trinajstić information content (AvgIpc) is 2.63.